The quantitative estimate of drug-likeness (QED) is 0.611. The Kier molecular flexibility index (Phi) is 2.17. The Hall–Kier alpha value is -1.30. The molecule has 2 unspecified atom stereocenters. The van der Waals surface area contributed by atoms with Crippen LogP contribution in [0.15, 0.2) is 23.8 Å². The van der Waals surface area contributed by atoms with Crippen molar-refractivity contribution in [2.45, 2.75) is 5.79 Å². The second-order valence-corrected chi connectivity index (χ2v) is 2.65. The summed E-state index contributed by atoms with van der Waals surface area (Å²) in [5.74, 6) is -9.32. The van der Waals surface area contributed by atoms with E-state index in [1.54, 1.807) is 0 Å². The van der Waals surface area contributed by atoms with Crippen LogP contribution >= 0.6 is 0 Å². The van der Waals surface area contributed by atoms with E-state index in [9.17, 15) is 18.0 Å². The third-order valence-corrected chi connectivity index (χ3v) is 1.63. The Labute approximate surface area is 71.3 Å². The molecule has 72 valence electrons. The van der Waals surface area contributed by atoms with Crippen LogP contribution in [0.25, 0.3) is 0 Å². The molecule has 0 saturated heterocycles. The molecule has 0 aromatic rings. The number of carbonyl (C=O) groups is 1. The number of hydrogen-bond donors (Lipinski definition) is 2. The van der Waals surface area contributed by atoms with Gasteiger partial charge in [-0.3, -0.25) is 10.5 Å². The number of halogens is 3. The molecule has 0 aromatic heterocycles. The fraction of sp³-hybridized carbons (Fsp3) is 0.286. The van der Waals surface area contributed by atoms with Gasteiger partial charge in [-0.2, -0.15) is 0 Å². The molecule has 3 N–H and O–H groups in total. The number of rotatable bonds is 1. The van der Waals surface area contributed by atoms with E-state index in [0.29, 0.717) is 6.08 Å². The highest BCUT2D eigenvalue weighted by Crippen LogP contribution is 2.31. The maximum Gasteiger partial charge on any atom is 0.315 e. The molecule has 13 heavy (non-hydrogen) atoms. The summed E-state index contributed by atoms with van der Waals surface area (Å²) in [5.41, 5.74) is 4.80. The lowest BCUT2D eigenvalue weighted by Crippen LogP contribution is -2.45. The maximum absolute atomic E-state index is 13.1. The average Bonchev–Trinajstić information content (AvgIpc) is 1.95. The molecule has 0 saturated carbocycles. The van der Waals surface area contributed by atoms with E-state index in [0.717, 1.165) is 0 Å². The third-order valence-electron chi connectivity index (χ3n) is 1.63. The highest BCUT2D eigenvalue weighted by molar-refractivity contribution is 5.75. The second kappa shape index (κ2) is 2.88. The second-order valence-electron chi connectivity index (χ2n) is 2.65. The summed E-state index contributed by atoms with van der Waals surface area (Å²) < 4.78 is 38.0. The largest absolute Gasteiger partial charge is 0.481 e. The molecule has 0 heterocycles. The summed E-state index contributed by atoms with van der Waals surface area (Å²) in [7, 11) is 0. The Balaban J connectivity index is 3.09. The van der Waals surface area contributed by atoms with Gasteiger partial charge in [-0.1, -0.05) is 0 Å². The van der Waals surface area contributed by atoms with E-state index in [1.165, 1.54) is 0 Å². The highest BCUT2D eigenvalue weighted by Gasteiger charge is 2.41. The Bertz CT molecular complexity index is 309. The number of aliphatic carboxylic acids is 1. The van der Waals surface area contributed by atoms with Crippen molar-refractivity contribution < 1.29 is 23.1 Å². The maximum atomic E-state index is 13.1. The Morgan fingerprint density at radius 3 is 2.54 bits per heavy atom. The molecule has 2 atom stereocenters. The lowest BCUT2D eigenvalue weighted by molar-refractivity contribution is -0.143. The van der Waals surface area contributed by atoms with Crippen LogP contribution in [-0.2, 0) is 4.79 Å². The molecule has 0 aliphatic heterocycles. The third kappa shape index (κ3) is 1.72. The van der Waals surface area contributed by atoms with Crippen LogP contribution < -0.4 is 5.73 Å². The molecular formula is C7H6F3NO2. The lowest BCUT2D eigenvalue weighted by Gasteiger charge is -2.24. The first kappa shape index (κ1) is 9.79. The van der Waals surface area contributed by atoms with E-state index < -0.39 is 29.3 Å². The molecule has 0 fully saturated rings. The molecule has 3 nitrogen and oxygen atoms in total. The Morgan fingerprint density at radius 2 is 2.08 bits per heavy atom. The van der Waals surface area contributed by atoms with Crippen molar-refractivity contribution in [2.75, 3.05) is 0 Å². The number of hydrogen-bond acceptors (Lipinski definition) is 2. The van der Waals surface area contributed by atoms with Crippen LogP contribution in [0.5, 0.6) is 0 Å². The smallest absolute Gasteiger partial charge is 0.315 e. The zero-order valence-electron chi connectivity index (χ0n) is 6.30. The fourth-order valence-electron chi connectivity index (χ4n) is 0.967. The topological polar surface area (TPSA) is 63.3 Å². The monoisotopic (exact) mass is 193 g/mol. The summed E-state index contributed by atoms with van der Waals surface area (Å²) in [6.45, 7) is 0. The molecule has 0 radical (unpaired) electrons. The molecule has 0 spiro atoms. The number of carboxylic acid groups (broad SMARTS) is 1. The minimum Gasteiger partial charge on any atom is -0.481 e. The summed E-state index contributed by atoms with van der Waals surface area (Å²) in [5, 5.41) is 8.39. The van der Waals surface area contributed by atoms with Gasteiger partial charge in [-0.25, -0.2) is 13.2 Å². The average molecular weight is 193 g/mol. The molecule has 1 aliphatic rings. The van der Waals surface area contributed by atoms with Crippen molar-refractivity contribution in [1.29, 1.82) is 0 Å². The van der Waals surface area contributed by atoms with Crippen LogP contribution in [0.1, 0.15) is 0 Å². The minimum absolute atomic E-state index is 0.112. The normalized spacial score (nSPS) is 33.7. The van der Waals surface area contributed by atoms with Crippen molar-refractivity contribution in [3.05, 3.63) is 23.8 Å². The number of allylic oxidation sites excluding steroid dienone is 2. The van der Waals surface area contributed by atoms with Crippen LogP contribution in [0, 0.1) is 5.92 Å². The van der Waals surface area contributed by atoms with Crippen molar-refractivity contribution in [3.8, 4) is 0 Å². The molecule has 0 bridgehead atoms. The van der Waals surface area contributed by atoms with Gasteiger partial charge >= 0.3 is 5.97 Å². The van der Waals surface area contributed by atoms with Crippen molar-refractivity contribution in [1.82, 2.24) is 0 Å². The molecule has 1 rings (SSSR count). The predicted octanol–water partition coefficient (Wildman–Crippen LogP) is 1.03. The molecular weight excluding hydrogens is 187 g/mol. The van der Waals surface area contributed by atoms with Gasteiger partial charge in [0.1, 0.15) is 5.92 Å². The van der Waals surface area contributed by atoms with E-state index in [-0.39, 0.29) is 6.08 Å². The standard InChI is InChI=1S/C7H6F3NO2/c8-4-1-3(6(12)13)7(10,11)2-5(4)9/h1-3H,11H2,(H,12,13). The summed E-state index contributed by atoms with van der Waals surface area (Å²) in [4.78, 5) is 10.3. The van der Waals surface area contributed by atoms with Crippen molar-refractivity contribution in [3.63, 3.8) is 0 Å². The molecule has 6 heteroatoms. The molecule has 0 amide bonds. The lowest BCUT2D eigenvalue weighted by atomic mass is 9.92. The van der Waals surface area contributed by atoms with Gasteiger partial charge in [0.25, 0.3) is 0 Å². The van der Waals surface area contributed by atoms with Crippen LogP contribution in [-0.4, -0.2) is 16.9 Å². The number of carboxylic acids is 1. The van der Waals surface area contributed by atoms with Gasteiger partial charge < -0.3 is 5.11 Å². The first-order valence-corrected chi connectivity index (χ1v) is 3.31. The summed E-state index contributed by atoms with van der Waals surface area (Å²) >= 11 is 0. The van der Waals surface area contributed by atoms with E-state index in [2.05, 4.69) is 0 Å². The van der Waals surface area contributed by atoms with Gasteiger partial charge in [0.2, 0.25) is 0 Å². The van der Waals surface area contributed by atoms with Crippen LogP contribution in [0.4, 0.5) is 13.2 Å². The van der Waals surface area contributed by atoms with Crippen LogP contribution in [0.2, 0.25) is 0 Å². The minimum atomic E-state index is -2.88. The highest BCUT2D eigenvalue weighted by atomic mass is 19.2. The first-order valence-electron chi connectivity index (χ1n) is 3.31. The van der Waals surface area contributed by atoms with E-state index >= 15 is 0 Å². The van der Waals surface area contributed by atoms with Gasteiger partial charge in [-0.05, 0) is 6.08 Å². The summed E-state index contributed by atoms with van der Waals surface area (Å²) in [6, 6.07) is 0. The number of alkyl halides is 1. The number of nitrogens with two attached hydrogens (primary N) is 1. The van der Waals surface area contributed by atoms with Gasteiger partial charge in [0.15, 0.2) is 17.4 Å². The van der Waals surface area contributed by atoms with E-state index in [4.69, 9.17) is 10.8 Å². The van der Waals surface area contributed by atoms with Gasteiger partial charge in [-0.15, -0.1) is 0 Å². The first-order chi connectivity index (χ1) is 5.84. The van der Waals surface area contributed by atoms with E-state index in [1.807, 2.05) is 0 Å². The predicted molar refractivity (Wildman–Crippen MR) is 37.5 cm³/mol. The van der Waals surface area contributed by atoms with Crippen molar-refractivity contribution in [2.24, 2.45) is 11.7 Å². The molecule has 1 aliphatic carbocycles. The zero-order valence-corrected chi connectivity index (χ0v) is 6.30. The van der Waals surface area contributed by atoms with Gasteiger partial charge in [0, 0.05) is 6.08 Å². The molecule has 0 aromatic carbocycles. The zero-order chi connectivity index (χ0) is 10.2. The SMILES string of the molecule is NC1(F)C=C(F)C(F)=CC1C(=O)O. The van der Waals surface area contributed by atoms with Crippen molar-refractivity contribution >= 4 is 5.97 Å². The van der Waals surface area contributed by atoms with Gasteiger partial charge in [0.05, 0.1) is 0 Å². The fourth-order valence-corrected chi connectivity index (χ4v) is 0.967. The van der Waals surface area contributed by atoms with Crippen LogP contribution in [0.3, 0.4) is 0 Å². The Morgan fingerprint density at radius 1 is 1.54 bits per heavy atom. The summed E-state index contributed by atoms with van der Waals surface area (Å²) in [6.07, 6.45) is 0.415.